The molecule has 1 fully saturated rings. The molecule has 4 nitrogen and oxygen atoms in total. The van der Waals surface area contributed by atoms with Crippen LogP contribution < -0.4 is 0 Å². The molecule has 1 rings (SSSR count). The zero-order valence-electron chi connectivity index (χ0n) is 7.99. The van der Waals surface area contributed by atoms with E-state index in [9.17, 15) is 9.59 Å². The van der Waals surface area contributed by atoms with Crippen LogP contribution in [0.1, 0.15) is 26.7 Å². The predicted molar refractivity (Wildman–Crippen MR) is 47.2 cm³/mol. The lowest BCUT2D eigenvalue weighted by Crippen LogP contribution is -2.47. The van der Waals surface area contributed by atoms with Gasteiger partial charge in [0.2, 0.25) is 5.91 Å². The molecule has 1 saturated heterocycles. The Labute approximate surface area is 77.5 Å². The molecule has 74 valence electrons. The number of nitrogens with zero attached hydrogens (tertiary/aromatic N) is 1. The highest BCUT2D eigenvalue weighted by Crippen LogP contribution is 2.19. The Morgan fingerprint density at radius 1 is 1.62 bits per heavy atom. The van der Waals surface area contributed by atoms with Crippen LogP contribution in [0.5, 0.6) is 0 Å². The smallest absolute Gasteiger partial charge is 0.316 e. The van der Waals surface area contributed by atoms with Crippen molar-refractivity contribution in [2.75, 3.05) is 6.54 Å². The summed E-state index contributed by atoms with van der Waals surface area (Å²) >= 11 is 0. The topological polar surface area (TPSA) is 57.6 Å². The SMILES string of the molecule is CC(C)N1CCCC(C(=O)O)C1=O. The number of aliphatic carboxylic acids is 1. The maximum Gasteiger partial charge on any atom is 0.316 e. The van der Waals surface area contributed by atoms with Gasteiger partial charge in [-0.3, -0.25) is 9.59 Å². The van der Waals surface area contributed by atoms with Crippen LogP contribution in [0.4, 0.5) is 0 Å². The molecule has 1 atom stereocenters. The van der Waals surface area contributed by atoms with Gasteiger partial charge in [-0.1, -0.05) is 0 Å². The summed E-state index contributed by atoms with van der Waals surface area (Å²) in [6.45, 7) is 4.50. The first-order chi connectivity index (χ1) is 6.04. The van der Waals surface area contributed by atoms with Crippen molar-refractivity contribution in [3.63, 3.8) is 0 Å². The van der Waals surface area contributed by atoms with Crippen LogP contribution in [0.15, 0.2) is 0 Å². The Bertz CT molecular complexity index is 225. The molecule has 1 heterocycles. The third kappa shape index (κ3) is 1.99. The van der Waals surface area contributed by atoms with E-state index in [0.717, 1.165) is 6.42 Å². The molecule has 0 saturated carbocycles. The Morgan fingerprint density at radius 3 is 2.69 bits per heavy atom. The number of piperidine rings is 1. The first-order valence-electron chi connectivity index (χ1n) is 4.57. The Kier molecular flexibility index (Phi) is 2.90. The van der Waals surface area contributed by atoms with Gasteiger partial charge in [-0.25, -0.2) is 0 Å². The third-order valence-electron chi connectivity index (χ3n) is 2.39. The highest BCUT2D eigenvalue weighted by atomic mass is 16.4. The number of carboxylic acid groups (broad SMARTS) is 1. The van der Waals surface area contributed by atoms with Crippen molar-refractivity contribution in [1.29, 1.82) is 0 Å². The van der Waals surface area contributed by atoms with Crippen molar-refractivity contribution in [3.8, 4) is 0 Å². The van der Waals surface area contributed by atoms with Gasteiger partial charge in [0, 0.05) is 12.6 Å². The van der Waals surface area contributed by atoms with Crippen LogP contribution in [0.25, 0.3) is 0 Å². The zero-order valence-corrected chi connectivity index (χ0v) is 7.99. The van der Waals surface area contributed by atoms with Gasteiger partial charge >= 0.3 is 5.97 Å². The lowest BCUT2D eigenvalue weighted by Gasteiger charge is -2.33. The van der Waals surface area contributed by atoms with Gasteiger partial charge < -0.3 is 10.0 Å². The van der Waals surface area contributed by atoms with Crippen molar-refractivity contribution in [2.45, 2.75) is 32.7 Å². The molecule has 4 heteroatoms. The second-order valence-electron chi connectivity index (χ2n) is 3.66. The Balaban J connectivity index is 2.72. The van der Waals surface area contributed by atoms with Gasteiger partial charge in [-0.15, -0.1) is 0 Å². The van der Waals surface area contributed by atoms with E-state index in [1.165, 1.54) is 0 Å². The molecule has 13 heavy (non-hydrogen) atoms. The normalized spacial score (nSPS) is 23.8. The number of amides is 1. The van der Waals surface area contributed by atoms with E-state index in [-0.39, 0.29) is 11.9 Å². The summed E-state index contributed by atoms with van der Waals surface area (Å²) in [6, 6.07) is 0.106. The van der Waals surface area contributed by atoms with Gasteiger partial charge in [0.1, 0.15) is 5.92 Å². The largest absolute Gasteiger partial charge is 0.481 e. The lowest BCUT2D eigenvalue weighted by atomic mass is 9.96. The summed E-state index contributed by atoms with van der Waals surface area (Å²) < 4.78 is 0. The minimum absolute atomic E-state index is 0.106. The summed E-state index contributed by atoms with van der Waals surface area (Å²) in [4.78, 5) is 23.9. The van der Waals surface area contributed by atoms with Crippen molar-refractivity contribution < 1.29 is 14.7 Å². The van der Waals surface area contributed by atoms with Crippen LogP contribution in [0, 0.1) is 5.92 Å². The van der Waals surface area contributed by atoms with Crippen molar-refractivity contribution in [1.82, 2.24) is 4.90 Å². The number of hydrogen-bond donors (Lipinski definition) is 1. The predicted octanol–water partition coefficient (Wildman–Crippen LogP) is 0.718. The number of carbonyl (C=O) groups is 2. The molecule has 1 N–H and O–H groups in total. The number of likely N-dealkylation sites (tertiary alicyclic amines) is 1. The molecule has 0 aromatic rings. The quantitative estimate of drug-likeness (QED) is 0.645. The highest BCUT2D eigenvalue weighted by Gasteiger charge is 2.34. The first kappa shape index (κ1) is 10.0. The van der Waals surface area contributed by atoms with Gasteiger partial charge in [0.25, 0.3) is 0 Å². The average molecular weight is 185 g/mol. The van der Waals surface area contributed by atoms with E-state index in [1.807, 2.05) is 13.8 Å². The minimum atomic E-state index is -0.990. The first-order valence-corrected chi connectivity index (χ1v) is 4.57. The van der Waals surface area contributed by atoms with Crippen LogP contribution in [0.2, 0.25) is 0 Å². The number of rotatable bonds is 2. The second-order valence-corrected chi connectivity index (χ2v) is 3.66. The van der Waals surface area contributed by atoms with Crippen LogP contribution in [-0.4, -0.2) is 34.5 Å². The maximum absolute atomic E-state index is 11.6. The molecule has 0 bridgehead atoms. The summed E-state index contributed by atoms with van der Waals surface area (Å²) in [6.07, 6.45) is 1.28. The third-order valence-corrected chi connectivity index (χ3v) is 2.39. The van der Waals surface area contributed by atoms with Crippen molar-refractivity contribution in [2.24, 2.45) is 5.92 Å². The molecule has 0 spiro atoms. The van der Waals surface area contributed by atoms with Gasteiger partial charge in [-0.05, 0) is 26.7 Å². The van der Waals surface area contributed by atoms with E-state index in [1.54, 1.807) is 4.90 Å². The van der Waals surface area contributed by atoms with Crippen LogP contribution in [-0.2, 0) is 9.59 Å². The summed E-state index contributed by atoms with van der Waals surface area (Å²) in [5, 5.41) is 8.76. The van der Waals surface area contributed by atoms with E-state index < -0.39 is 11.9 Å². The lowest BCUT2D eigenvalue weighted by molar-refractivity contribution is -0.154. The maximum atomic E-state index is 11.6. The number of carbonyl (C=O) groups excluding carboxylic acids is 1. The Morgan fingerprint density at radius 2 is 2.23 bits per heavy atom. The molecule has 0 aromatic carbocycles. The minimum Gasteiger partial charge on any atom is -0.481 e. The molecule has 1 aliphatic rings. The number of hydrogen-bond acceptors (Lipinski definition) is 2. The fourth-order valence-corrected chi connectivity index (χ4v) is 1.64. The molecular formula is C9H15NO3. The molecule has 1 amide bonds. The van der Waals surface area contributed by atoms with Gasteiger partial charge in [0.15, 0.2) is 0 Å². The molecule has 1 unspecified atom stereocenters. The Hall–Kier alpha value is -1.06. The fourth-order valence-electron chi connectivity index (χ4n) is 1.64. The van der Waals surface area contributed by atoms with Gasteiger partial charge in [0.05, 0.1) is 0 Å². The summed E-state index contributed by atoms with van der Waals surface area (Å²) in [5.74, 6) is -2.03. The monoisotopic (exact) mass is 185 g/mol. The van der Waals surface area contributed by atoms with Gasteiger partial charge in [-0.2, -0.15) is 0 Å². The summed E-state index contributed by atoms with van der Waals surface area (Å²) in [7, 11) is 0. The molecule has 0 aromatic heterocycles. The summed E-state index contributed by atoms with van der Waals surface area (Å²) in [5.41, 5.74) is 0. The molecular weight excluding hydrogens is 170 g/mol. The van der Waals surface area contributed by atoms with E-state index in [0.29, 0.717) is 13.0 Å². The second kappa shape index (κ2) is 3.77. The molecule has 0 radical (unpaired) electrons. The molecule has 0 aliphatic carbocycles. The van der Waals surface area contributed by atoms with Crippen LogP contribution >= 0.6 is 0 Å². The standard InChI is InChI=1S/C9H15NO3/c1-6(2)10-5-3-4-7(8(10)11)9(12)13/h6-7H,3-5H2,1-2H3,(H,12,13). The molecule has 1 aliphatic heterocycles. The highest BCUT2D eigenvalue weighted by molar-refractivity contribution is 5.97. The van der Waals surface area contributed by atoms with E-state index in [2.05, 4.69) is 0 Å². The fraction of sp³-hybridized carbons (Fsp3) is 0.778. The van der Waals surface area contributed by atoms with Crippen molar-refractivity contribution in [3.05, 3.63) is 0 Å². The zero-order chi connectivity index (χ0) is 10.0. The van der Waals surface area contributed by atoms with E-state index >= 15 is 0 Å². The average Bonchev–Trinajstić information content (AvgIpc) is 2.03. The van der Waals surface area contributed by atoms with Crippen LogP contribution in [0.3, 0.4) is 0 Å². The van der Waals surface area contributed by atoms with E-state index in [4.69, 9.17) is 5.11 Å². The number of carboxylic acids is 1. The van der Waals surface area contributed by atoms with Crippen molar-refractivity contribution >= 4 is 11.9 Å².